The van der Waals surface area contributed by atoms with Gasteiger partial charge in [-0.2, -0.15) is 0 Å². The second-order valence-corrected chi connectivity index (χ2v) is 13.8. The van der Waals surface area contributed by atoms with Gasteiger partial charge < -0.3 is 14.4 Å². The molecule has 3 atom stereocenters. The molecule has 1 saturated heterocycles. The number of ether oxygens (including phenoxy) is 2. The molecule has 1 aromatic carbocycles. The summed E-state index contributed by atoms with van der Waals surface area (Å²) < 4.78 is 13.1. The van der Waals surface area contributed by atoms with Gasteiger partial charge in [-0.05, 0) is 107 Å². The predicted molar refractivity (Wildman–Crippen MR) is 188 cm³/mol. The van der Waals surface area contributed by atoms with Crippen molar-refractivity contribution in [2.24, 2.45) is 11.8 Å². The number of likely N-dealkylation sites (tertiary alicyclic amines) is 1. The molecular formula is C37H58Cl2N2O3. The second kappa shape index (κ2) is 17.8. The first kappa shape index (κ1) is 38.5. The van der Waals surface area contributed by atoms with Gasteiger partial charge in [-0.1, -0.05) is 58.8 Å². The minimum Gasteiger partial charge on any atom is -0.483 e. The lowest BCUT2D eigenvalue weighted by Crippen LogP contribution is -2.42. The summed E-state index contributed by atoms with van der Waals surface area (Å²) in [6.45, 7) is 17.6. The number of nitrogens with zero attached hydrogens (tertiary/aromatic N) is 2. The van der Waals surface area contributed by atoms with Gasteiger partial charge in [-0.25, -0.2) is 0 Å². The fourth-order valence-electron chi connectivity index (χ4n) is 7.04. The summed E-state index contributed by atoms with van der Waals surface area (Å²) in [6.07, 6.45) is 18.4. The van der Waals surface area contributed by atoms with Crippen LogP contribution in [0.4, 0.5) is 0 Å². The van der Waals surface area contributed by atoms with E-state index in [1.165, 1.54) is 61.7 Å². The quantitative estimate of drug-likeness (QED) is 0.0926. The predicted octanol–water partition coefficient (Wildman–Crippen LogP) is 8.75. The summed E-state index contributed by atoms with van der Waals surface area (Å²) in [5, 5.41) is 0. The van der Waals surface area contributed by atoms with E-state index in [1.807, 2.05) is 6.92 Å². The average Bonchev–Trinajstić information content (AvgIpc) is 2.95. The minimum absolute atomic E-state index is 0. The van der Waals surface area contributed by atoms with Crippen molar-refractivity contribution >= 4 is 36.4 Å². The minimum atomic E-state index is -0.406. The van der Waals surface area contributed by atoms with Crippen LogP contribution >= 0.6 is 24.8 Å². The molecule has 1 aromatic rings. The van der Waals surface area contributed by atoms with Crippen molar-refractivity contribution in [2.75, 3.05) is 32.7 Å². The Morgan fingerprint density at radius 2 is 1.91 bits per heavy atom. The number of unbranched alkanes of at least 4 members (excludes halogenated alkanes) is 2. The van der Waals surface area contributed by atoms with Gasteiger partial charge in [-0.15, -0.1) is 31.2 Å². The van der Waals surface area contributed by atoms with Gasteiger partial charge >= 0.3 is 5.97 Å². The molecule has 0 saturated carbocycles. The molecule has 44 heavy (non-hydrogen) atoms. The molecule has 248 valence electrons. The Morgan fingerprint density at radius 1 is 1.14 bits per heavy atom. The van der Waals surface area contributed by atoms with E-state index >= 15 is 0 Å². The van der Waals surface area contributed by atoms with E-state index in [4.69, 9.17) is 15.9 Å². The highest BCUT2D eigenvalue weighted by atomic mass is 35.5. The van der Waals surface area contributed by atoms with E-state index in [9.17, 15) is 4.79 Å². The van der Waals surface area contributed by atoms with Crippen molar-refractivity contribution < 1.29 is 14.3 Å². The van der Waals surface area contributed by atoms with E-state index in [1.54, 1.807) is 0 Å². The molecule has 3 aliphatic rings. The molecule has 5 nitrogen and oxygen atoms in total. The van der Waals surface area contributed by atoms with Crippen molar-refractivity contribution in [3.8, 4) is 23.8 Å². The number of fused-ring (bicyclic) bond motifs is 2. The second-order valence-electron chi connectivity index (χ2n) is 13.8. The van der Waals surface area contributed by atoms with Crippen LogP contribution in [0.1, 0.15) is 117 Å². The van der Waals surface area contributed by atoms with Crippen LogP contribution in [0, 0.1) is 24.2 Å². The van der Waals surface area contributed by atoms with Crippen molar-refractivity contribution in [1.29, 1.82) is 0 Å². The maximum atomic E-state index is 13.6. The van der Waals surface area contributed by atoms with Crippen LogP contribution in [0.2, 0.25) is 0 Å². The topological polar surface area (TPSA) is 42.0 Å². The van der Waals surface area contributed by atoms with E-state index in [0.29, 0.717) is 24.3 Å². The van der Waals surface area contributed by atoms with Gasteiger partial charge in [0.25, 0.3) is 0 Å². The largest absolute Gasteiger partial charge is 0.483 e. The first-order valence-electron chi connectivity index (χ1n) is 16.8. The van der Waals surface area contributed by atoms with Crippen LogP contribution < -0.4 is 9.47 Å². The summed E-state index contributed by atoms with van der Waals surface area (Å²) in [4.78, 5) is 18.4. The van der Waals surface area contributed by atoms with Gasteiger partial charge in [0, 0.05) is 19.1 Å². The fraction of sp³-hybridized carbons (Fsp3) is 0.703. The summed E-state index contributed by atoms with van der Waals surface area (Å²) in [6, 6.07) is 4.93. The van der Waals surface area contributed by atoms with Crippen LogP contribution in [-0.4, -0.2) is 60.1 Å². The van der Waals surface area contributed by atoms with E-state index in [-0.39, 0.29) is 36.7 Å². The van der Waals surface area contributed by atoms with Gasteiger partial charge in [-0.3, -0.25) is 9.69 Å². The number of halogens is 2. The van der Waals surface area contributed by atoms with Crippen LogP contribution in [0.3, 0.4) is 0 Å². The zero-order valence-electron chi connectivity index (χ0n) is 28.2. The third-order valence-electron chi connectivity index (χ3n) is 9.89. The molecule has 0 radical (unpaired) electrons. The molecule has 1 fully saturated rings. The monoisotopic (exact) mass is 648 g/mol. The van der Waals surface area contributed by atoms with Crippen molar-refractivity contribution in [2.45, 2.75) is 124 Å². The van der Waals surface area contributed by atoms with Crippen molar-refractivity contribution in [3.05, 3.63) is 28.8 Å². The first-order chi connectivity index (χ1) is 20.1. The SMILES string of the molecule is C#CCN1CCC2=C(C1)c1c(OC(=O)C(C)CCN3CCCCC3C)cc(CCC(C)CCCCC)cc1OC2(C)C.Cl.Cl. The van der Waals surface area contributed by atoms with E-state index in [0.717, 1.165) is 63.2 Å². The maximum Gasteiger partial charge on any atom is 0.314 e. The molecule has 3 heterocycles. The number of carbonyl (C=O) groups excluding carboxylic acids is 1. The Bertz CT molecular complexity index is 1160. The molecule has 0 amide bonds. The van der Waals surface area contributed by atoms with Crippen LogP contribution in [0.15, 0.2) is 17.7 Å². The lowest BCUT2D eigenvalue weighted by molar-refractivity contribution is -0.138. The molecule has 4 rings (SSSR count). The lowest BCUT2D eigenvalue weighted by atomic mass is 9.81. The van der Waals surface area contributed by atoms with Crippen LogP contribution in [0.5, 0.6) is 11.5 Å². The number of esters is 1. The number of aryl methyl sites for hydroxylation is 1. The maximum absolute atomic E-state index is 13.6. The summed E-state index contributed by atoms with van der Waals surface area (Å²) in [5.74, 6) is 4.68. The highest BCUT2D eigenvalue weighted by molar-refractivity contribution is 5.86. The van der Waals surface area contributed by atoms with Gasteiger partial charge in [0.15, 0.2) is 0 Å². The molecule has 0 aliphatic carbocycles. The molecule has 0 bridgehead atoms. The molecule has 3 aliphatic heterocycles. The number of piperidine rings is 1. The fourth-order valence-corrected chi connectivity index (χ4v) is 7.04. The molecule has 0 spiro atoms. The van der Waals surface area contributed by atoms with Crippen molar-refractivity contribution in [3.63, 3.8) is 0 Å². The Kier molecular flexibility index (Phi) is 15.6. The smallest absolute Gasteiger partial charge is 0.314 e. The summed E-state index contributed by atoms with van der Waals surface area (Å²) >= 11 is 0. The molecular weight excluding hydrogens is 591 g/mol. The van der Waals surface area contributed by atoms with Crippen LogP contribution in [0.25, 0.3) is 5.57 Å². The normalized spacial score (nSPS) is 21.0. The number of hydrogen-bond donors (Lipinski definition) is 0. The Hall–Kier alpha value is -1.71. The number of rotatable bonds is 13. The first-order valence-corrected chi connectivity index (χ1v) is 16.8. The Balaban J connectivity index is 0.00000337. The van der Waals surface area contributed by atoms with Gasteiger partial charge in [0.05, 0.1) is 18.0 Å². The molecule has 0 aromatic heterocycles. The van der Waals surface area contributed by atoms with E-state index in [2.05, 4.69) is 62.5 Å². The lowest BCUT2D eigenvalue weighted by Gasteiger charge is -2.42. The van der Waals surface area contributed by atoms with E-state index < -0.39 is 5.60 Å². The third-order valence-corrected chi connectivity index (χ3v) is 9.89. The van der Waals surface area contributed by atoms with Crippen LogP contribution in [-0.2, 0) is 11.2 Å². The zero-order chi connectivity index (χ0) is 30.3. The number of benzene rings is 1. The van der Waals surface area contributed by atoms with Crippen molar-refractivity contribution in [1.82, 2.24) is 9.80 Å². The number of carbonyl (C=O) groups is 1. The molecule has 0 N–H and O–H groups in total. The molecule has 3 unspecified atom stereocenters. The molecule has 7 heteroatoms. The third kappa shape index (κ3) is 9.89. The standard InChI is InChI=1S/C37H56N2O3.2ClH/c1-8-10-11-14-27(3)16-17-30-24-33(41-36(40)28(4)18-23-39-21-13-12-15-29(39)5)35-31-26-38(20-9-2)22-19-32(31)37(6,7)42-34(35)25-30;;/h2,24-25,27-29H,8,10-23,26H2,1,3-7H3;2*1H. The Morgan fingerprint density at radius 3 is 2.61 bits per heavy atom. The number of hydrogen-bond acceptors (Lipinski definition) is 5. The highest BCUT2D eigenvalue weighted by Crippen LogP contribution is 2.49. The number of terminal acetylenes is 1. The average molecular weight is 650 g/mol. The summed E-state index contributed by atoms with van der Waals surface area (Å²) in [5.41, 5.74) is 4.25. The Labute approximate surface area is 280 Å². The van der Waals surface area contributed by atoms with Gasteiger partial charge in [0.2, 0.25) is 0 Å². The van der Waals surface area contributed by atoms with Gasteiger partial charge in [0.1, 0.15) is 17.1 Å². The summed E-state index contributed by atoms with van der Waals surface area (Å²) in [7, 11) is 0. The zero-order valence-corrected chi connectivity index (χ0v) is 29.8. The highest BCUT2D eigenvalue weighted by Gasteiger charge is 2.39.